The summed E-state index contributed by atoms with van der Waals surface area (Å²) in [5.74, 6) is -2.65. The van der Waals surface area contributed by atoms with Crippen molar-refractivity contribution in [1.29, 1.82) is 0 Å². The molecule has 0 fully saturated rings. The number of ketones is 1. The number of hydrogen-bond acceptors (Lipinski definition) is 7. The molecule has 0 radical (unpaired) electrons. The highest BCUT2D eigenvalue weighted by Crippen LogP contribution is 2.44. The van der Waals surface area contributed by atoms with Crippen molar-refractivity contribution in [2.75, 3.05) is 12.0 Å². The number of hydrogen-bond donors (Lipinski definition) is 1. The summed E-state index contributed by atoms with van der Waals surface area (Å²) < 4.78 is 25.9. The van der Waals surface area contributed by atoms with Crippen molar-refractivity contribution in [2.45, 2.75) is 13.0 Å². The Morgan fingerprint density at radius 1 is 1.24 bits per heavy atom. The highest BCUT2D eigenvalue weighted by molar-refractivity contribution is 7.14. The normalized spacial score (nSPS) is 16.2. The molecule has 1 amide bonds. The third-order valence-electron chi connectivity index (χ3n) is 5.42. The lowest BCUT2D eigenvalue weighted by atomic mass is 9.95. The predicted molar refractivity (Wildman–Crippen MR) is 120 cm³/mol. The van der Waals surface area contributed by atoms with E-state index in [1.54, 1.807) is 36.6 Å². The standard InChI is InChI=1S/C24H17FN2O5S/c1-12-11-33-24(26-12)27-19(14-7-3-4-8-15(14)25)18(21(29)23(27)30)20(28)17-10-13-6-5-9-16(31-2)22(13)32-17/h3-11,19,29H,1-2H3. The minimum Gasteiger partial charge on any atom is -0.503 e. The second kappa shape index (κ2) is 7.86. The summed E-state index contributed by atoms with van der Waals surface area (Å²) in [4.78, 5) is 32.1. The van der Waals surface area contributed by atoms with E-state index >= 15 is 0 Å². The number of anilines is 1. The first-order chi connectivity index (χ1) is 15.9. The van der Waals surface area contributed by atoms with Crippen molar-refractivity contribution in [1.82, 2.24) is 4.98 Å². The number of ether oxygens (including phenoxy) is 1. The molecule has 7 nitrogen and oxygen atoms in total. The van der Waals surface area contributed by atoms with Crippen LogP contribution in [0.5, 0.6) is 5.75 Å². The van der Waals surface area contributed by atoms with Crippen LogP contribution in [0.25, 0.3) is 11.0 Å². The number of rotatable bonds is 5. The molecule has 2 aromatic carbocycles. The zero-order valence-electron chi connectivity index (χ0n) is 17.5. The Kier molecular flexibility index (Phi) is 4.98. The highest BCUT2D eigenvalue weighted by atomic mass is 32.1. The number of methoxy groups -OCH3 is 1. The number of amides is 1. The van der Waals surface area contributed by atoms with E-state index in [1.165, 1.54) is 31.4 Å². The van der Waals surface area contributed by atoms with Gasteiger partial charge in [-0.2, -0.15) is 0 Å². The molecular formula is C24H17FN2O5S. The number of fused-ring (bicyclic) bond motifs is 1. The SMILES string of the molecule is COc1cccc2cc(C(=O)C3=C(O)C(=O)N(c4nc(C)cs4)C3c3ccccc3F)oc12. The molecule has 2 aromatic heterocycles. The lowest BCUT2D eigenvalue weighted by Gasteiger charge is -2.24. The first-order valence-corrected chi connectivity index (χ1v) is 10.8. The van der Waals surface area contributed by atoms with Gasteiger partial charge in [0.05, 0.1) is 18.4 Å². The first-order valence-electron chi connectivity index (χ1n) is 9.95. The molecule has 3 heterocycles. The quantitative estimate of drug-likeness (QED) is 0.412. The number of aliphatic hydroxyl groups excluding tert-OH is 1. The zero-order valence-corrected chi connectivity index (χ0v) is 18.4. The fourth-order valence-corrected chi connectivity index (χ4v) is 4.75. The number of carbonyl (C=O) groups excluding carboxylic acids is 2. The van der Waals surface area contributed by atoms with E-state index < -0.39 is 29.3 Å². The maximum atomic E-state index is 14.9. The molecule has 166 valence electrons. The highest BCUT2D eigenvalue weighted by Gasteiger charge is 2.47. The molecule has 0 spiro atoms. The summed E-state index contributed by atoms with van der Waals surface area (Å²) >= 11 is 1.16. The molecule has 1 aliphatic heterocycles. The molecule has 1 unspecified atom stereocenters. The van der Waals surface area contributed by atoms with E-state index in [0.717, 1.165) is 16.2 Å². The number of thiazole rings is 1. The average Bonchev–Trinajstić information content (AvgIpc) is 3.50. The number of aryl methyl sites for hydroxylation is 1. The molecule has 1 atom stereocenters. The van der Waals surface area contributed by atoms with Gasteiger partial charge in [0.25, 0.3) is 5.91 Å². The number of aliphatic hydroxyl groups is 1. The van der Waals surface area contributed by atoms with Crippen LogP contribution in [0, 0.1) is 12.7 Å². The van der Waals surface area contributed by atoms with Crippen molar-refractivity contribution >= 4 is 39.1 Å². The van der Waals surface area contributed by atoms with Gasteiger partial charge in [-0.05, 0) is 25.1 Å². The van der Waals surface area contributed by atoms with Crippen LogP contribution in [-0.4, -0.2) is 28.9 Å². The fraction of sp³-hybridized carbons (Fsp3) is 0.125. The number of furan rings is 1. The molecule has 0 aliphatic carbocycles. The Bertz CT molecular complexity index is 1450. The molecule has 4 aromatic rings. The average molecular weight is 464 g/mol. The number of aromatic nitrogens is 1. The predicted octanol–water partition coefficient (Wildman–Crippen LogP) is 5.13. The van der Waals surface area contributed by atoms with E-state index in [9.17, 15) is 19.1 Å². The Balaban J connectivity index is 1.68. The van der Waals surface area contributed by atoms with Gasteiger partial charge in [-0.15, -0.1) is 11.3 Å². The van der Waals surface area contributed by atoms with Crippen molar-refractivity contribution in [3.63, 3.8) is 0 Å². The van der Waals surface area contributed by atoms with Crippen molar-refractivity contribution < 1.29 is 28.2 Å². The van der Waals surface area contributed by atoms with Gasteiger partial charge in [-0.1, -0.05) is 30.3 Å². The third-order valence-corrected chi connectivity index (χ3v) is 6.37. The van der Waals surface area contributed by atoms with Crippen LogP contribution in [0.3, 0.4) is 0 Å². The van der Waals surface area contributed by atoms with Crippen LogP contribution in [0.2, 0.25) is 0 Å². The number of nitrogens with zero attached hydrogens (tertiary/aromatic N) is 2. The molecule has 0 saturated carbocycles. The topological polar surface area (TPSA) is 92.9 Å². The fourth-order valence-electron chi connectivity index (χ4n) is 3.92. The first kappa shape index (κ1) is 20.9. The summed E-state index contributed by atoms with van der Waals surface area (Å²) in [5.41, 5.74) is 0.775. The number of halogens is 1. The summed E-state index contributed by atoms with van der Waals surface area (Å²) in [6, 6.07) is 11.3. The number of Topliss-reactive ketones (excluding diaryl/α,β-unsaturated/α-hetero) is 1. The van der Waals surface area contributed by atoms with Gasteiger partial charge in [0.15, 0.2) is 28.0 Å². The second-order valence-corrected chi connectivity index (χ2v) is 8.29. The minimum absolute atomic E-state index is 0.0554. The lowest BCUT2D eigenvalue weighted by molar-refractivity contribution is -0.117. The van der Waals surface area contributed by atoms with Crippen LogP contribution in [0.15, 0.2) is 69.7 Å². The molecule has 33 heavy (non-hydrogen) atoms. The largest absolute Gasteiger partial charge is 0.503 e. The molecular weight excluding hydrogens is 447 g/mol. The van der Waals surface area contributed by atoms with Gasteiger partial charge in [0, 0.05) is 16.3 Å². The smallest absolute Gasteiger partial charge is 0.296 e. The van der Waals surface area contributed by atoms with E-state index in [1.807, 2.05) is 0 Å². The summed E-state index contributed by atoms with van der Waals surface area (Å²) in [7, 11) is 1.48. The van der Waals surface area contributed by atoms with Gasteiger partial charge in [-0.3, -0.25) is 14.5 Å². The van der Waals surface area contributed by atoms with Crippen LogP contribution in [0.1, 0.15) is 27.9 Å². The van der Waals surface area contributed by atoms with Gasteiger partial charge in [0.1, 0.15) is 11.9 Å². The molecule has 1 aliphatic rings. The van der Waals surface area contributed by atoms with Crippen LogP contribution in [0.4, 0.5) is 9.52 Å². The van der Waals surface area contributed by atoms with Crippen LogP contribution < -0.4 is 9.64 Å². The minimum atomic E-state index is -1.22. The molecule has 5 rings (SSSR count). The molecule has 9 heteroatoms. The van der Waals surface area contributed by atoms with Crippen molar-refractivity contribution in [3.05, 3.63) is 88.1 Å². The zero-order chi connectivity index (χ0) is 23.3. The Morgan fingerprint density at radius 3 is 2.73 bits per heavy atom. The van der Waals surface area contributed by atoms with Gasteiger partial charge < -0.3 is 14.3 Å². The molecule has 0 saturated heterocycles. The lowest BCUT2D eigenvalue weighted by Crippen LogP contribution is -2.31. The van der Waals surface area contributed by atoms with E-state index in [2.05, 4.69) is 4.98 Å². The molecule has 1 N–H and O–H groups in total. The summed E-state index contributed by atoms with van der Waals surface area (Å²) in [6.07, 6.45) is 0. The van der Waals surface area contributed by atoms with E-state index in [4.69, 9.17) is 9.15 Å². The summed E-state index contributed by atoms with van der Waals surface area (Å²) in [6.45, 7) is 1.75. The Hall–Kier alpha value is -3.98. The Labute approximate surface area is 191 Å². The Morgan fingerprint density at radius 2 is 2.03 bits per heavy atom. The van der Waals surface area contributed by atoms with Crippen LogP contribution in [-0.2, 0) is 4.79 Å². The maximum absolute atomic E-state index is 14.9. The molecule has 0 bridgehead atoms. The van der Waals surface area contributed by atoms with Gasteiger partial charge in [-0.25, -0.2) is 9.37 Å². The van der Waals surface area contributed by atoms with E-state index in [-0.39, 0.29) is 22.0 Å². The van der Waals surface area contributed by atoms with E-state index in [0.29, 0.717) is 22.4 Å². The number of benzene rings is 2. The number of carbonyl (C=O) groups is 2. The maximum Gasteiger partial charge on any atom is 0.296 e. The summed E-state index contributed by atoms with van der Waals surface area (Å²) in [5, 5.41) is 13.4. The van der Waals surface area contributed by atoms with Gasteiger partial charge in [0.2, 0.25) is 5.78 Å². The number of para-hydroxylation sites is 1. The van der Waals surface area contributed by atoms with Crippen LogP contribution >= 0.6 is 11.3 Å². The van der Waals surface area contributed by atoms with Crippen molar-refractivity contribution in [2.24, 2.45) is 0 Å². The second-order valence-electron chi connectivity index (χ2n) is 7.45. The third kappa shape index (κ3) is 3.28. The van der Waals surface area contributed by atoms with Crippen molar-refractivity contribution in [3.8, 4) is 5.75 Å². The monoisotopic (exact) mass is 464 g/mol. The van der Waals surface area contributed by atoms with Gasteiger partial charge >= 0.3 is 0 Å².